The number of fused-ring (bicyclic) bond motifs is 1. The molecule has 4 nitrogen and oxygen atoms in total. The predicted octanol–water partition coefficient (Wildman–Crippen LogP) is 0.901. The van der Waals surface area contributed by atoms with Crippen molar-refractivity contribution in [2.75, 3.05) is 20.3 Å². The quantitative estimate of drug-likeness (QED) is 0.590. The van der Waals surface area contributed by atoms with E-state index in [9.17, 15) is 0 Å². The minimum absolute atomic E-state index is 0.585. The van der Waals surface area contributed by atoms with Gasteiger partial charge in [0.15, 0.2) is 0 Å². The number of hydrazine groups is 1. The number of methoxy groups -OCH3 is 1. The molecule has 0 unspecified atom stereocenters. The van der Waals surface area contributed by atoms with Gasteiger partial charge in [0, 0.05) is 20.2 Å². The van der Waals surface area contributed by atoms with Crippen molar-refractivity contribution in [2.24, 2.45) is 5.84 Å². The second kappa shape index (κ2) is 4.61. The standard InChI is InChI=1S/C11H16N2O2/c1-14-4-5-15-11-3-2-9-7-13(12)8-10(9)6-11/h2-3,6H,4-5,7-8,12H2,1H3. The second-order valence-corrected chi connectivity index (χ2v) is 3.68. The normalized spacial score (nSPS) is 15.3. The molecule has 0 saturated heterocycles. The van der Waals surface area contributed by atoms with Crippen molar-refractivity contribution in [3.63, 3.8) is 0 Å². The molecule has 0 aromatic heterocycles. The van der Waals surface area contributed by atoms with E-state index in [0.717, 1.165) is 18.8 Å². The highest BCUT2D eigenvalue weighted by Crippen LogP contribution is 2.24. The highest BCUT2D eigenvalue weighted by molar-refractivity contribution is 5.37. The fourth-order valence-electron chi connectivity index (χ4n) is 1.73. The Hall–Kier alpha value is -1.10. The minimum atomic E-state index is 0.585. The molecule has 1 aliphatic heterocycles. The Morgan fingerprint density at radius 2 is 2.07 bits per heavy atom. The van der Waals surface area contributed by atoms with E-state index >= 15 is 0 Å². The van der Waals surface area contributed by atoms with E-state index in [1.165, 1.54) is 11.1 Å². The predicted molar refractivity (Wildman–Crippen MR) is 57.2 cm³/mol. The van der Waals surface area contributed by atoms with Gasteiger partial charge in [-0.05, 0) is 23.3 Å². The molecule has 0 aliphatic carbocycles. The SMILES string of the molecule is COCCOc1ccc2c(c1)CN(N)C2. The average molecular weight is 208 g/mol. The minimum Gasteiger partial charge on any atom is -0.491 e. The Kier molecular flexibility index (Phi) is 3.20. The monoisotopic (exact) mass is 208 g/mol. The van der Waals surface area contributed by atoms with Gasteiger partial charge in [-0.1, -0.05) is 6.07 Å². The number of nitrogens with two attached hydrogens (primary N) is 1. The van der Waals surface area contributed by atoms with Crippen molar-refractivity contribution < 1.29 is 9.47 Å². The van der Waals surface area contributed by atoms with Gasteiger partial charge < -0.3 is 9.47 Å². The van der Waals surface area contributed by atoms with Crippen LogP contribution in [0.1, 0.15) is 11.1 Å². The van der Waals surface area contributed by atoms with E-state index in [-0.39, 0.29) is 0 Å². The van der Waals surface area contributed by atoms with Gasteiger partial charge in [-0.15, -0.1) is 0 Å². The van der Waals surface area contributed by atoms with Gasteiger partial charge in [0.2, 0.25) is 0 Å². The van der Waals surface area contributed by atoms with Crippen LogP contribution >= 0.6 is 0 Å². The van der Waals surface area contributed by atoms with Crippen molar-refractivity contribution in [1.82, 2.24) is 5.01 Å². The third kappa shape index (κ3) is 2.47. The van der Waals surface area contributed by atoms with Crippen LogP contribution in [0.4, 0.5) is 0 Å². The summed E-state index contributed by atoms with van der Waals surface area (Å²) >= 11 is 0. The van der Waals surface area contributed by atoms with Crippen LogP contribution in [0.25, 0.3) is 0 Å². The lowest BCUT2D eigenvalue weighted by molar-refractivity contribution is 0.146. The van der Waals surface area contributed by atoms with E-state index in [1.807, 2.05) is 6.07 Å². The number of hydrogen-bond acceptors (Lipinski definition) is 4. The molecule has 4 heteroatoms. The van der Waals surface area contributed by atoms with Gasteiger partial charge in [-0.3, -0.25) is 5.84 Å². The van der Waals surface area contributed by atoms with Gasteiger partial charge in [0.25, 0.3) is 0 Å². The zero-order chi connectivity index (χ0) is 10.7. The van der Waals surface area contributed by atoms with Crippen LogP contribution in [0.15, 0.2) is 18.2 Å². The van der Waals surface area contributed by atoms with Crippen LogP contribution in [0.5, 0.6) is 5.75 Å². The molecule has 1 aromatic carbocycles. The van der Waals surface area contributed by atoms with Gasteiger partial charge in [0.05, 0.1) is 6.61 Å². The topological polar surface area (TPSA) is 47.7 Å². The molecule has 1 aliphatic rings. The zero-order valence-corrected chi connectivity index (χ0v) is 8.90. The van der Waals surface area contributed by atoms with Crippen molar-refractivity contribution in [3.05, 3.63) is 29.3 Å². The van der Waals surface area contributed by atoms with Gasteiger partial charge in [-0.2, -0.15) is 0 Å². The van der Waals surface area contributed by atoms with Crippen LogP contribution in [-0.2, 0) is 17.8 Å². The Balaban J connectivity index is 2.00. The van der Waals surface area contributed by atoms with Crippen LogP contribution in [0.2, 0.25) is 0 Å². The number of ether oxygens (including phenoxy) is 2. The fourth-order valence-corrected chi connectivity index (χ4v) is 1.73. The van der Waals surface area contributed by atoms with Crippen LogP contribution < -0.4 is 10.6 Å². The molecule has 82 valence electrons. The summed E-state index contributed by atoms with van der Waals surface area (Å²) in [7, 11) is 1.67. The lowest BCUT2D eigenvalue weighted by atomic mass is 10.1. The van der Waals surface area contributed by atoms with Crippen molar-refractivity contribution in [3.8, 4) is 5.75 Å². The second-order valence-electron chi connectivity index (χ2n) is 3.68. The molecule has 0 radical (unpaired) electrons. The number of benzene rings is 1. The number of hydrogen-bond donors (Lipinski definition) is 1. The third-order valence-electron chi connectivity index (χ3n) is 2.48. The summed E-state index contributed by atoms with van der Waals surface area (Å²) in [6.45, 7) is 2.83. The highest BCUT2D eigenvalue weighted by Gasteiger charge is 2.16. The Bertz CT molecular complexity index is 341. The molecule has 1 heterocycles. The van der Waals surface area contributed by atoms with Crippen molar-refractivity contribution in [2.45, 2.75) is 13.1 Å². The molecule has 0 atom stereocenters. The lowest BCUT2D eigenvalue weighted by Gasteiger charge is -2.06. The van der Waals surface area contributed by atoms with Crippen molar-refractivity contribution in [1.29, 1.82) is 0 Å². The highest BCUT2D eigenvalue weighted by atomic mass is 16.5. The largest absolute Gasteiger partial charge is 0.491 e. The molecule has 2 N–H and O–H groups in total. The number of rotatable bonds is 4. The van der Waals surface area contributed by atoms with E-state index in [2.05, 4.69) is 12.1 Å². The lowest BCUT2D eigenvalue weighted by Crippen LogP contribution is -2.23. The molecule has 0 bridgehead atoms. The molecule has 0 saturated carbocycles. The van der Waals surface area contributed by atoms with Gasteiger partial charge >= 0.3 is 0 Å². The molecule has 15 heavy (non-hydrogen) atoms. The smallest absolute Gasteiger partial charge is 0.119 e. The third-order valence-corrected chi connectivity index (χ3v) is 2.48. The van der Waals surface area contributed by atoms with Gasteiger partial charge in [-0.25, -0.2) is 5.01 Å². The molecular formula is C11H16N2O2. The van der Waals surface area contributed by atoms with Crippen LogP contribution in [0.3, 0.4) is 0 Å². The summed E-state index contributed by atoms with van der Waals surface area (Å²) in [4.78, 5) is 0. The van der Waals surface area contributed by atoms with Gasteiger partial charge in [0.1, 0.15) is 12.4 Å². The van der Waals surface area contributed by atoms with E-state index in [0.29, 0.717) is 13.2 Å². The van der Waals surface area contributed by atoms with E-state index in [4.69, 9.17) is 15.3 Å². The first-order valence-electron chi connectivity index (χ1n) is 5.03. The van der Waals surface area contributed by atoms with Crippen molar-refractivity contribution >= 4 is 0 Å². The van der Waals surface area contributed by atoms with E-state index < -0.39 is 0 Å². The Labute approximate surface area is 89.5 Å². The summed E-state index contributed by atoms with van der Waals surface area (Å²) in [6.07, 6.45) is 0. The number of nitrogens with zero attached hydrogens (tertiary/aromatic N) is 1. The first-order chi connectivity index (χ1) is 7.29. The summed E-state index contributed by atoms with van der Waals surface area (Å²) in [5, 5.41) is 1.80. The summed E-state index contributed by atoms with van der Waals surface area (Å²) in [5.41, 5.74) is 2.55. The maximum Gasteiger partial charge on any atom is 0.119 e. The molecule has 0 spiro atoms. The molecule has 0 amide bonds. The van der Waals surface area contributed by atoms with Crippen LogP contribution in [0, 0.1) is 0 Å². The summed E-state index contributed by atoms with van der Waals surface area (Å²) < 4.78 is 10.4. The molecule has 0 fully saturated rings. The average Bonchev–Trinajstić information content (AvgIpc) is 2.57. The molecular weight excluding hydrogens is 192 g/mol. The maximum absolute atomic E-state index is 5.73. The fraction of sp³-hybridized carbons (Fsp3) is 0.455. The first kappa shape index (κ1) is 10.4. The summed E-state index contributed by atoms with van der Waals surface area (Å²) in [5.74, 6) is 6.62. The Morgan fingerprint density at radius 3 is 2.87 bits per heavy atom. The zero-order valence-electron chi connectivity index (χ0n) is 8.90. The Morgan fingerprint density at radius 1 is 1.27 bits per heavy atom. The summed E-state index contributed by atoms with van der Waals surface area (Å²) in [6, 6.07) is 6.11. The van der Waals surface area contributed by atoms with Crippen LogP contribution in [-0.4, -0.2) is 25.3 Å². The molecule has 1 aromatic rings. The van der Waals surface area contributed by atoms with E-state index in [1.54, 1.807) is 12.1 Å². The maximum atomic E-state index is 5.73. The molecule has 2 rings (SSSR count). The first-order valence-corrected chi connectivity index (χ1v) is 5.03.